The first-order valence-electron chi connectivity index (χ1n) is 4.10. The lowest BCUT2D eigenvalue weighted by Gasteiger charge is -2.07. The van der Waals surface area contributed by atoms with E-state index in [-0.39, 0.29) is 11.6 Å². The molecule has 0 unspecified atom stereocenters. The van der Waals surface area contributed by atoms with Gasteiger partial charge in [-0.25, -0.2) is 4.98 Å². The zero-order valence-corrected chi connectivity index (χ0v) is 7.48. The summed E-state index contributed by atoms with van der Waals surface area (Å²) in [5.74, 6) is 0. The number of fused-ring (bicyclic) bond motifs is 1. The summed E-state index contributed by atoms with van der Waals surface area (Å²) in [7, 11) is 0. The van der Waals surface area contributed by atoms with E-state index in [4.69, 9.17) is 0 Å². The van der Waals surface area contributed by atoms with Gasteiger partial charge in [-0.3, -0.25) is 14.5 Å². The molecular formula is C8H10N4O. The molecule has 2 aromatic heterocycles. The number of aromatic amines is 1. The van der Waals surface area contributed by atoms with Crippen LogP contribution in [0.5, 0.6) is 0 Å². The molecule has 0 aliphatic heterocycles. The molecule has 0 radical (unpaired) electrons. The smallest absolute Gasteiger partial charge is 0.264 e. The minimum Gasteiger partial charge on any atom is -0.296 e. The first-order valence-corrected chi connectivity index (χ1v) is 4.10. The minimum atomic E-state index is -0.0475. The summed E-state index contributed by atoms with van der Waals surface area (Å²) in [5, 5.41) is 6.95. The predicted molar refractivity (Wildman–Crippen MR) is 48.5 cm³/mol. The second-order valence-electron chi connectivity index (χ2n) is 3.18. The highest BCUT2D eigenvalue weighted by Gasteiger charge is 2.06. The SMILES string of the molecule is CC(C)n1cnc2[nH]ncc2c1=O. The molecule has 13 heavy (non-hydrogen) atoms. The van der Waals surface area contributed by atoms with Gasteiger partial charge in [-0.15, -0.1) is 0 Å². The van der Waals surface area contributed by atoms with Gasteiger partial charge < -0.3 is 0 Å². The minimum absolute atomic E-state index is 0.0475. The zero-order chi connectivity index (χ0) is 9.42. The van der Waals surface area contributed by atoms with Gasteiger partial charge in [0.05, 0.1) is 6.20 Å². The Hall–Kier alpha value is -1.65. The molecule has 2 heterocycles. The van der Waals surface area contributed by atoms with Crippen molar-refractivity contribution < 1.29 is 0 Å². The maximum atomic E-state index is 11.7. The average molecular weight is 178 g/mol. The van der Waals surface area contributed by atoms with Crippen LogP contribution in [0, 0.1) is 0 Å². The van der Waals surface area contributed by atoms with Gasteiger partial charge in [0.25, 0.3) is 5.56 Å². The summed E-state index contributed by atoms with van der Waals surface area (Å²) in [6.07, 6.45) is 3.04. The van der Waals surface area contributed by atoms with Crippen LogP contribution in [0.1, 0.15) is 19.9 Å². The van der Waals surface area contributed by atoms with E-state index in [1.54, 1.807) is 4.57 Å². The molecule has 0 aromatic carbocycles. The third kappa shape index (κ3) is 1.12. The maximum absolute atomic E-state index is 11.7. The molecule has 0 saturated heterocycles. The van der Waals surface area contributed by atoms with Gasteiger partial charge in [0.2, 0.25) is 0 Å². The van der Waals surface area contributed by atoms with E-state index in [1.165, 1.54) is 12.5 Å². The van der Waals surface area contributed by atoms with Crippen LogP contribution in [0.15, 0.2) is 17.3 Å². The van der Waals surface area contributed by atoms with Gasteiger partial charge in [-0.1, -0.05) is 0 Å². The third-order valence-corrected chi connectivity index (χ3v) is 1.95. The van der Waals surface area contributed by atoms with Crippen molar-refractivity contribution in [2.75, 3.05) is 0 Å². The van der Waals surface area contributed by atoms with Crippen LogP contribution in [0.25, 0.3) is 11.0 Å². The lowest BCUT2D eigenvalue weighted by molar-refractivity contribution is 0.573. The van der Waals surface area contributed by atoms with Gasteiger partial charge in [-0.05, 0) is 13.8 Å². The summed E-state index contributed by atoms with van der Waals surface area (Å²) in [6, 6.07) is 0.124. The topological polar surface area (TPSA) is 63.6 Å². The van der Waals surface area contributed by atoms with Crippen molar-refractivity contribution in [2.24, 2.45) is 0 Å². The standard InChI is InChI=1S/C8H10N4O/c1-5(2)12-4-9-7-6(8(12)13)3-10-11-7/h3-5H,1-2H3,(H,10,11). The molecular weight excluding hydrogens is 168 g/mol. The van der Waals surface area contributed by atoms with Crippen LogP contribution < -0.4 is 5.56 Å². The number of rotatable bonds is 1. The Morgan fingerprint density at radius 1 is 1.54 bits per heavy atom. The van der Waals surface area contributed by atoms with Crippen molar-refractivity contribution in [2.45, 2.75) is 19.9 Å². The largest absolute Gasteiger partial charge is 0.296 e. The molecule has 2 aromatic rings. The second-order valence-corrected chi connectivity index (χ2v) is 3.18. The highest BCUT2D eigenvalue weighted by atomic mass is 16.1. The molecule has 5 nitrogen and oxygen atoms in total. The number of nitrogens with one attached hydrogen (secondary N) is 1. The van der Waals surface area contributed by atoms with Crippen LogP contribution in [-0.4, -0.2) is 19.7 Å². The Morgan fingerprint density at radius 3 is 3.00 bits per heavy atom. The first-order chi connectivity index (χ1) is 6.20. The highest BCUT2D eigenvalue weighted by Crippen LogP contribution is 2.03. The van der Waals surface area contributed by atoms with Crippen LogP contribution in [-0.2, 0) is 0 Å². The fraction of sp³-hybridized carbons (Fsp3) is 0.375. The van der Waals surface area contributed by atoms with Crippen LogP contribution in [0.4, 0.5) is 0 Å². The summed E-state index contributed by atoms with van der Waals surface area (Å²) in [5.41, 5.74) is 0.496. The van der Waals surface area contributed by atoms with E-state index < -0.39 is 0 Å². The van der Waals surface area contributed by atoms with E-state index in [2.05, 4.69) is 15.2 Å². The van der Waals surface area contributed by atoms with Crippen molar-refractivity contribution in [3.8, 4) is 0 Å². The Balaban J connectivity index is 2.81. The fourth-order valence-electron chi connectivity index (χ4n) is 1.21. The van der Waals surface area contributed by atoms with Gasteiger partial charge in [0, 0.05) is 6.04 Å². The van der Waals surface area contributed by atoms with Crippen LogP contribution in [0.3, 0.4) is 0 Å². The molecule has 68 valence electrons. The van der Waals surface area contributed by atoms with Crippen LogP contribution >= 0.6 is 0 Å². The Bertz CT molecular complexity index is 482. The molecule has 1 N–H and O–H groups in total. The molecule has 0 aliphatic carbocycles. The fourth-order valence-corrected chi connectivity index (χ4v) is 1.21. The Kier molecular flexibility index (Phi) is 1.65. The van der Waals surface area contributed by atoms with Crippen molar-refractivity contribution in [1.29, 1.82) is 0 Å². The average Bonchev–Trinajstić information content (AvgIpc) is 2.52. The number of nitrogens with zero attached hydrogens (tertiary/aromatic N) is 3. The summed E-state index contributed by atoms with van der Waals surface area (Å²) >= 11 is 0. The van der Waals surface area contributed by atoms with Crippen molar-refractivity contribution in [3.63, 3.8) is 0 Å². The first kappa shape index (κ1) is 7.97. The zero-order valence-electron chi connectivity index (χ0n) is 7.48. The summed E-state index contributed by atoms with van der Waals surface area (Å²) in [6.45, 7) is 3.88. The molecule has 0 aliphatic rings. The summed E-state index contributed by atoms with van der Waals surface area (Å²) in [4.78, 5) is 15.8. The van der Waals surface area contributed by atoms with Crippen molar-refractivity contribution in [3.05, 3.63) is 22.9 Å². The van der Waals surface area contributed by atoms with E-state index in [9.17, 15) is 4.79 Å². The molecule has 0 atom stereocenters. The second kappa shape index (κ2) is 2.69. The molecule has 0 fully saturated rings. The molecule has 2 rings (SSSR count). The molecule has 0 saturated carbocycles. The predicted octanol–water partition coefficient (Wildman–Crippen LogP) is 0.700. The normalized spacial score (nSPS) is 11.3. The van der Waals surface area contributed by atoms with Crippen molar-refractivity contribution >= 4 is 11.0 Å². The number of hydrogen-bond acceptors (Lipinski definition) is 3. The van der Waals surface area contributed by atoms with E-state index >= 15 is 0 Å². The highest BCUT2D eigenvalue weighted by molar-refractivity contribution is 5.71. The molecule has 0 amide bonds. The van der Waals surface area contributed by atoms with Crippen LogP contribution in [0.2, 0.25) is 0 Å². The monoisotopic (exact) mass is 178 g/mol. The lowest BCUT2D eigenvalue weighted by Crippen LogP contribution is -2.21. The lowest BCUT2D eigenvalue weighted by atomic mass is 10.3. The number of H-pyrrole nitrogens is 1. The van der Waals surface area contributed by atoms with E-state index in [0.717, 1.165) is 0 Å². The van der Waals surface area contributed by atoms with Gasteiger partial charge in [0.1, 0.15) is 11.7 Å². The molecule has 0 bridgehead atoms. The number of hydrogen-bond donors (Lipinski definition) is 1. The molecule has 5 heteroatoms. The van der Waals surface area contributed by atoms with E-state index in [1.807, 2.05) is 13.8 Å². The van der Waals surface area contributed by atoms with Gasteiger partial charge in [0.15, 0.2) is 5.65 Å². The summed E-state index contributed by atoms with van der Waals surface area (Å²) < 4.78 is 1.58. The third-order valence-electron chi connectivity index (χ3n) is 1.95. The molecule has 0 spiro atoms. The van der Waals surface area contributed by atoms with Gasteiger partial charge >= 0.3 is 0 Å². The quantitative estimate of drug-likeness (QED) is 0.699. The van der Waals surface area contributed by atoms with E-state index in [0.29, 0.717) is 11.0 Å². The number of aromatic nitrogens is 4. The Labute approximate surface area is 74.4 Å². The Morgan fingerprint density at radius 2 is 2.31 bits per heavy atom. The maximum Gasteiger partial charge on any atom is 0.264 e. The van der Waals surface area contributed by atoms with Crippen molar-refractivity contribution in [1.82, 2.24) is 19.7 Å². The van der Waals surface area contributed by atoms with Gasteiger partial charge in [-0.2, -0.15) is 5.10 Å².